The Balaban J connectivity index is 2.41. The third-order valence-corrected chi connectivity index (χ3v) is 2.96. The second-order valence-electron chi connectivity index (χ2n) is 5.25. The molecule has 0 spiro atoms. The van der Waals surface area contributed by atoms with Gasteiger partial charge >= 0.3 is 6.18 Å². The van der Waals surface area contributed by atoms with E-state index in [1.807, 2.05) is 0 Å². The molecule has 0 bridgehead atoms. The maximum Gasteiger partial charge on any atom is 0.416 e. The third-order valence-electron chi connectivity index (χ3n) is 2.96. The molecule has 2 nitrogen and oxygen atoms in total. The van der Waals surface area contributed by atoms with Gasteiger partial charge < -0.3 is 10.1 Å². The van der Waals surface area contributed by atoms with E-state index in [1.54, 1.807) is 6.07 Å². The zero-order valence-electron chi connectivity index (χ0n) is 12.2. The van der Waals surface area contributed by atoms with Gasteiger partial charge in [0.05, 0.1) is 12.2 Å². The fourth-order valence-electron chi connectivity index (χ4n) is 1.73. The summed E-state index contributed by atoms with van der Waals surface area (Å²) in [5.74, 6) is 0.592. The molecule has 0 aliphatic carbocycles. The maximum atomic E-state index is 12.7. The first-order valence-electron chi connectivity index (χ1n) is 6.80. The summed E-state index contributed by atoms with van der Waals surface area (Å²) in [5.41, 5.74) is 0.106. The average molecular weight is 289 g/mol. The lowest BCUT2D eigenvalue weighted by molar-refractivity contribution is -0.138. The average Bonchev–Trinajstić information content (AvgIpc) is 2.33. The van der Waals surface area contributed by atoms with Gasteiger partial charge in [0.1, 0.15) is 0 Å². The van der Waals surface area contributed by atoms with Crippen LogP contribution in [0.2, 0.25) is 0 Å². The Kier molecular flexibility index (Phi) is 6.33. The van der Waals surface area contributed by atoms with Crippen molar-refractivity contribution in [1.82, 2.24) is 0 Å². The summed E-state index contributed by atoms with van der Waals surface area (Å²) in [6, 6.07) is 4.27. The molecule has 1 rings (SSSR count). The zero-order valence-corrected chi connectivity index (χ0v) is 12.2. The highest BCUT2D eigenvalue weighted by Gasteiger charge is 2.32. The number of hydrogen-bond donors (Lipinski definition) is 1. The summed E-state index contributed by atoms with van der Waals surface area (Å²) in [7, 11) is 0. The predicted molar refractivity (Wildman–Crippen MR) is 74.9 cm³/mol. The number of anilines is 1. The Bertz CT molecular complexity index is 416. The highest BCUT2D eigenvalue weighted by atomic mass is 19.4. The SMILES string of the molecule is Cc1ccc(NCCOCCC(C)C)cc1C(F)(F)F. The van der Waals surface area contributed by atoms with Gasteiger partial charge in [-0.05, 0) is 37.0 Å². The van der Waals surface area contributed by atoms with Gasteiger partial charge in [-0.15, -0.1) is 0 Å². The van der Waals surface area contributed by atoms with Crippen LogP contribution in [0, 0.1) is 12.8 Å². The number of benzene rings is 1. The molecule has 114 valence electrons. The fourth-order valence-corrected chi connectivity index (χ4v) is 1.73. The normalized spacial score (nSPS) is 11.9. The second kappa shape index (κ2) is 7.53. The molecular weight excluding hydrogens is 267 g/mol. The fraction of sp³-hybridized carbons (Fsp3) is 0.600. The molecule has 0 saturated heterocycles. The summed E-state index contributed by atoms with van der Waals surface area (Å²) < 4.78 is 43.6. The van der Waals surface area contributed by atoms with Crippen LogP contribution in [0.15, 0.2) is 18.2 Å². The number of aryl methyl sites for hydroxylation is 1. The largest absolute Gasteiger partial charge is 0.416 e. The lowest BCUT2D eigenvalue weighted by atomic mass is 10.1. The van der Waals surface area contributed by atoms with E-state index in [0.29, 0.717) is 31.4 Å². The molecule has 1 aromatic carbocycles. The molecule has 20 heavy (non-hydrogen) atoms. The number of nitrogens with one attached hydrogen (secondary N) is 1. The highest BCUT2D eigenvalue weighted by Crippen LogP contribution is 2.33. The Hall–Kier alpha value is -1.23. The summed E-state index contributed by atoms with van der Waals surface area (Å²) in [6.07, 6.45) is -3.32. The molecular formula is C15H22F3NO. The second-order valence-corrected chi connectivity index (χ2v) is 5.25. The van der Waals surface area contributed by atoms with E-state index in [4.69, 9.17) is 4.74 Å². The lowest BCUT2D eigenvalue weighted by Crippen LogP contribution is -2.12. The molecule has 0 aliphatic rings. The van der Waals surface area contributed by atoms with Gasteiger partial charge in [0.15, 0.2) is 0 Å². The third kappa shape index (κ3) is 5.82. The lowest BCUT2D eigenvalue weighted by Gasteiger charge is -2.13. The van der Waals surface area contributed by atoms with Crippen molar-refractivity contribution < 1.29 is 17.9 Å². The number of halogens is 3. The van der Waals surface area contributed by atoms with Gasteiger partial charge in [0.25, 0.3) is 0 Å². The predicted octanol–water partition coefficient (Wildman–Crippen LogP) is 4.49. The number of hydrogen-bond acceptors (Lipinski definition) is 2. The molecule has 0 atom stereocenters. The van der Waals surface area contributed by atoms with Crippen molar-refractivity contribution in [2.45, 2.75) is 33.4 Å². The molecule has 1 aromatic rings. The molecule has 0 saturated carbocycles. The molecule has 0 aliphatic heterocycles. The van der Waals surface area contributed by atoms with E-state index in [2.05, 4.69) is 19.2 Å². The first kappa shape index (κ1) is 16.8. The van der Waals surface area contributed by atoms with Crippen molar-refractivity contribution in [3.05, 3.63) is 29.3 Å². The van der Waals surface area contributed by atoms with E-state index >= 15 is 0 Å². The van der Waals surface area contributed by atoms with Gasteiger partial charge in [0, 0.05) is 18.8 Å². The van der Waals surface area contributed by atoms with Gasteiger partial charge in [-0.25, -0.2) is 0 Å². The number of rotatable bonds is 7. The van der Waals surface area contributed by atoms with Crippen LogP contribution >= 0.6 is 0 Å². The number of ether oxygens (including phenoxy) is 1. The Morgan fingerprint density at radius 1 is 1.20 bits per heavy atom. The van der Waals surface area contributed by atoms with Crippen molar-refractivity contribution in [2.24, 2.45) is 5.92 Å². The standard InChI is InChI=1S/C15H22F3NO/c1-11(2)6-8-20-9-7-19-13-5-4-12(3)14(10-13)15(16,17)18/h4-5,10-11,19H,6-9H2,1-3H3. The summed E-state index contributed by atoms with van der Waals surface area (Å²) in [6.45, 7) is 7.36. The van der Waals surface area contributed by atoms with Crippen LogP contribution in [0.5, 0.6) is 0 Å². The van der Waals surface area contributed by atoms with Crippen LogP contribution in [-0.2, 0) is 10.9 Å². The summed E-state index contributed by atoms with van der Waals surface area (Å²) >= 11 is 0. The number of alkyl halides is 3. The Labute approximate surface area is 118 Å². The molecule has 0 unspecified atom stereocenters. The van der Waals surface area contributed by atoms with E-state index < -0.39 is 11.7 Å². The monoisotopic (exact) mass is 289 g/mol. The van der Waals surface area contributed by atoms with E-state index in [-0.39, 0.29) is 5.56 Å². The minimum absolute atomic E-state index is 0.233. The van der Waals surface area contributed by atoms with Crippen molar-refractivity contribution in [1.29, 1.82) is 0 Å². The topological polar surface area (TPSA) is 21.3 Å². The minimum atomic E-state index is -4.31. The van der Waals surface area contributed by atoms with Crippen LogP contribution in [-0.4, -0.2) is 19.8 Å². The van der Waals surface area contributed by atoms with E-state index in [9.17, 15) is 13.2 Å². The minimum Gasteiger partial charge on any atom is -0.383 e. The Morgan fingerprint density at radius 2 is 1.90 bits per heavy atom. The molecule has 0 heterocycles. The van der Waals surface area contributed by atoms with Gasteiger partial charge in [-0.3, -0.25) is 0 Å². The maximum absolute atomic E-state index is 12.7. The molecule has 0 aromatic heterocycles. The summed E-state index contributed by atoms with van der Waals surface area (Å²) in [4.78, 5) is 0. The quantitative estimate of drug-likeness (QED) is 0.747. The van der Waals surface area contributed by atoms with Crippen molar-refractivity contribution in [2.75, 3.05) is 25.1 Å². The van der Waals surface area contributed by atoms with Crippen molar-refractivity contribution in [3.8, 4) is 0 Å². The first-order chi connectivity index (χ1) is 9.30. The van der Waals surface area contributed by atoms with Crippen LogP contribution in [0.25, 0.3) is 0 Å². The molecule has 0 fully saturated rings. The van der Waals surface area contributed by atoms with Crippen LogP contribution in [0.4, 0.5) is 18.9 Å². The molecule has 5 heteroatoms. The smallest absolute Gasteiger partial charge is 0.383 e. The van der Waals surface area contributed by atoms with E-state index in [0.717, 1.165) is 12.5 Å². The van der Waals surface area contributed by atoms with Crippen molar-refractivity contribution in [3.63, 3.8) is 0 Å². The molecule has 0 radical (unpaired) electrons. The summed E-state index contributed by atoms with van der Waals surface area (Å²) in [5, 5.41) is 2.95. The highest BCUT2D eigenvalue weighted by molar-refractivity contribution is 5.49. The van der Waals surface area contributed by atoms with Crippen LogP contribution in [0.1, 0.15) is 31.4 Å². The van der Waals surface area contributed by atoms with Gasteiger partial charge in [-0.1, -0.05) is 19.9 Å². The zero-order chi connectivity index (χ0) is 15.2. The Morgan fingerprint density at radius 3 is 2.50 bits per heavy atom. The van der Waals surface area contributed by atoms with Gasteiger partial charge in [-0.2, -0.15) is 13.2 Å². The molecule has 0 amide bonds. The van der Waals surface area contributed by atoms with Crippen LogP contribution < -0.4 is 5.32 Å². The van der Waals surface area contributed by atoms with E-state index in [1.165, 1.54) is 13.0 Å². The molecule has 1 N–H and O–H groups in total. The van der Waals surface area contributed by atoms with Crippen molar-refractivity contribution >= 4 is 5.69 Å². The van der Waals surface area contributed by atoms with Crippen LogP contribution in [0.3, 0.4) is 0 Å². The van der Waals surface area contributed by atoms with Gasteiger partial charge in [0.2, 0.25) is 0 Å². The first-order valence-corrected chi connectivity index (χ1v) is 6.80.